The highest BCUT2D eigenvalue weighted by molar-refractivity contribution is 7.99. The minimum Gasteiger partial charge on any atom is -0.390 e. The van der Waals surface area contributed by atoms with Gasteiger partial charge in [-0.3, -0.25) is 0 Å². The van der Waals surface area contributed by atoms with Gasteiger partial charge in [0.15, 0.2) is 0 Å². The van der Waals surface area contributed by atoms with Crippen LogP contribution in [0.5, 0.6) is 0 Å². The van der Waals surface area contributed by atoms with Crippen LogP contribution in [0.25, 0.3) is 10.9 Å². The summed E-state index contributed by atoms with van der Waals surface area (Å²) in [6, 6.07) is 12.0. The second-order valence-electron chi connectivity index (χ2n) is 5.15. The number of rotatable bonds is 7. The predicted octanol–water partition coefficient (Wildman–Crippen LogP) is 3.67. The van der Waals surface area contributed by atoms with Gasteiger partial charge in [-0.1, -0.05) is 24.3 Å². The van der Waals surface area contributed by atoms with Gasteiger partial charge in [0.1, 0.15) is 10.9 Å². The number of nitrogens with zero attached hydrogens (tertiary/aromatic N) is 2. The van der Waals surface area contributed by atoms with E-state index < -0.39 is 6.10 Å². The zero-order valence-electron chi connectivity index (χ0n) is 12.8. The molecule has 4 nitrogen and oxygen atoms in total. The number of aliphatic hydroxyl groups excluding tert-OH is 1. The number of hydrogen-bond acceptors (Lipinski definition) is 6. The molecule has 0 spiro atoms. The molecule has 1 atom stereocenters. The molecule has 2 aromatic heterocycles. The van der Waals surface area contributed by atoms with E-state index in [-0.39, 0.29) is 0 Å². The molecule has 120 valence electrons. The molecule has 0 amide bonds. The zero-order valence-corrected chi connectivity index (χ0v) is 14.4. The van der Waals surface area contributed by atoms with E-state index >= 15 is 0 Å². The van der Waals surface area contributed by atoms with Crippen molar-refractivity contribution in [1.82, 2.24) is 9.97 Å². The van der Waals surface area contributed by atoms with Crippen molar-refractivity contribution in [2.75, 3.05) is 12.4 Å². The Morgan fingerprint density at radius 2 is 2.09 bits per heavy atom. The van der Waals surface area contributed by atoms with E-state index in [1.165, 1.54) is 4.88 Å². The summed E-state index contributed by atoms with van der Waals surface area (Å²) in [5.74, 6) is 1.29. The normalized spacial score (nSPS) is 12.6. The third-order valence-electron chi connectivity index (χ3n) is 3.23. The van der Waals surface area contributed by atoms with Crippen LogP contribution >= 0.6 is 23.1 Å². The molecule has 0 saturated heterocycles. The van der Waals surface area contributed by atoms with Crippen molar-refractivity contribution in [3.8, 4) is 0 Å². The fourth-order valence-electron chi connectivity index (χ4n) is 2.18. The Balaban J connectivity index is 1.55. The molecule has 0 radical (unpaired) electrons. The van der Waals surface area contributed by atoms with Gasteiger partial charge in [-0.2, -0.15) is 0 Å². The van der Waals surface area contributed by atoms with E-state index in [1.807, 2.05) is 48.7 Å². The number of hydrogen-bond donors (Lipinski definition) is 1. The van der Waals surface area contributed by atoms with Crippen molar-refractivity contribution in [2.24, 2.45) is 0 Å². The van der Waals surface area contributed by atoms with Crippen LogP contribution in [0, 0.1) is 6.92 Å². The first-order chi connectivity index (χ1) is 11.2. The molecule has 0 aliphatic heterocycles. The summed E-state index contributed by atoms with van der Waals surface area (Å²) in [5, 5.41) is 14.0. The van der Waals surface area contributed by atoms with Gasteiger partial charge in [0.2, 0.25) is 0 Å². The van der Waals surface area contributed by atoms with Crippen molar-refractivity contribution in [2.45, 2.75) is 24.7 Å². The average molecular weight is 346 g/mol. The smallest absolute Gasteiger partial charge is 0.127 e. The summed E-state index contributed by atoms with van der Waals surface area (Å²) >= 11 is 3.20. The first-order valence-corrected chi connectivity index (χ1v) is 9.23. The molecule has 1 N–H and O–H groups in total. The van der Waals surface area contributed by atoms with Crippen LogP contribution in [0.3, 0.4) is 0 Å². The molecule has 2 heterocycles. The van der Waals surface area contributed by atoms with Gasteiger partial charge in [0.05, 0.1) is 24.8 Å². The fraction of sp³-hybridized carbons (Fsp3) is 0.294. The lowest BCUT2D eigenvalue weighted by atomic mass is 10.2. The lowest BCUT2D eigenvalue weighted by Crippen LogP contribution is -2.18. The number of benzene rings is 1. The van der Waals surface area contributed by atoms with Crippen molar-refractivity contribution in [1.29, 1.82) is 0 Å². The van der Waals surface area contributed by atoms with Crippen LogP contribution in [0.2, 0.25) is 0 Å². The minimum absolute atomic E-state index is 0.326. The zero-order chi connectivity index (χ0) is 16.1. The largest absolute Gasteiger partial charge is 0.390 e. The molecule has 0 unspecified atom stereocenters. The van der Waals surface area contributed by atoms with Crippen LogP contribution in [0.1, 0.15) is 10.7 Å². The van der Waals surface area contributed by atoms with Crippen LogP contribution in [0.4, 0.5) is 0 Å². The first kappa shape index (κ1) is 16.4. The first-order valence-electron chi connectivity index (χ1n) is 7.37. The molecule has 3 aromatic rings. The topological polar surface area (TPSA) is 55.2 Å². The van der Waals surface area contributed by atoms with Gasteiger partial charge in [-0.05, 0) is 24.4 Å². The average Bonchev–Trinajstić information content (AvgIpc) is 3.06. The Morgan fingerprint density at radius 1 is 1.22 bits per heavy atom. The Bertz CT molecular complexity index is 762. The van der Waals surface area contributed by atoms with Crippen molar-refractivity contribution in [3.63, 3.8) is 0 Å². The van der Waals surface area contributed by atoms with E-state index in [2.05, 4.69) is 9.97 Å². The van der Waals surface area contributed by atoms with Crippen molar-refractivity contribution >= 4 is 34.0 Å². The maximum absolute atomic E-state index is 10.1. The van der Waals surface area contributed by atoms with Crippen LogP contribution in [0.15, 0.2) is 46.8 Å². The van der Waals surface area contributed by atoms with Gasteiger partial charge >= 0.3 is 0 Å². The van der Waals surface area contributed by atoms with Gasteiger partial charge in [-0.25, -0.2) is 9.97 Å². The van der Waals surface area contributed by atoms with Crippen molar-refractivity contribution < 1.29 is 9.84 Å². The summed E-state index contributed by atoms with van der Waals surface area (Å²) in [7, 11) is 0. The van der Waals surface area contributed by atoms with Crippen LogP contribution in [-0.2, 0) is 11.3 Å². The number of aryl methyl sites for hydroxylation is 1. The summed E-state index contributed by atoms with van der Waals surface area (Å²) in [4.78, 5) is 10.1. The molecule has 3 rings (SSSR count). The summed E-state index contributed by atoms with van der Waals surface area (Å²) in [6.45, 7) is 2.76. The van der Waals surface area contributed by atoms with Gasteiger partial charge in [-0.15, -0.1) is 23.1 Å². The van der Waals surface area contributed by atoms with Gasteiger partial charge in [0.25, 0.3) is 0 Å². The highest BCUT2D eigenvalue weighted by Gasteiger charge is 2.10. The Hall–Kier alpha value is -1.47. The number of thiophene rings is 1. The third-order valence-corrected chi connectivity index (χ3v) is 5.21. The van der Waals surface area contributed by atoms with E-state index in [0.29, 0.717) is 19.0 Å². The third kappa shape index (κ3) is 4.51. The quantitative estimate of drug-likeness (QED) is 0.522. The molecular formula is C17H18N2O2S2. The van der Waals surface area contributed by atoms with Gasteiger partial charge < -0.3 is 9.84 Å². The number of aliphatic hydroxyl groups is 1. The van der Waals surface area contributed by atoms with Gasteiger partial charge in [0, 0.05) is 16.0 Å². The standard InChI is InChI=1S/C17H18N2O2S2/c1-12-18-16-7-3-2-6-15(16)17(19-12)23-11-13(20)9-21-10-14-5-4-8-22-14/h2-8,13,20H,9-11H2,1H3/t13-/m0/s1. The van der Waals surface area contributed by atoms with Crippen LogP contribution in [-0.4, -0.2) is 33.5 Å². The van der Waals surface area contributed by atoms with E-state index in [0.717, 1.165) is 21.8 Å². The van der Waals surface area contributed by atoms with E-state index in [9.17, 15) is 5.11 Å². The summed E-state index contributed by atoms with van der Waals surface area (Å²) < 4.78 is 5.55. The maximum atomic E-state index is 10.1. The van der Waals surface area contributed by atoms with E-state index in [1.54, 1.807) is 23.1 Å². The molecule has 6 heteroatoms. The maximum Gasteiger partial charge on any atom is 0.127 e. The number of ether oxygens (including phenoxy) is 1. The SMILES string of the molecule is Cc1nc(SC[C@@H](O)COCc2cccs2)c2ccccc2n1. The molecule has 0 bridgehead atoms. The molecule has 0 aliphatic rings. The summed E-state index contributed by atoms with van der Waals surface area (Å²) in [6.07, 6.45) is -0.519. The van der Waals surface area contributed by atoms with E-state index in [4.69, 9.17) is 4.74 Å². The highest BCUT2D eigenvalue weighted by Crippen LogP contribution is 2.25. The Kier molecular flexibility index (Phi) is 5.61. The summed E-state index contributed by atoms with van der Waals surface area (Å²) in [5.41, 5.74) is 0.936. The molecule has 23 heavy (non-hydrogen) atoms. The molecule has 0 aliphatic carbocycles. The number of para-hydroxylation sites is 1. The second-order valence-corrected chi connectivity index (χ2v) is 7.19. The molecule has 1 aromatic carbocycles. The highest BCUT2D eigenvalue weighted by atomic mass is 32.2. The monoisotopic (exact) mass is 346 g/mol. The number of aromatic nitrogens is 2. The lowest BCUT2D eigenvalue weighted by Gasteiger charge is -2.11. The molecule has 0 fully saturated rings. The molecule has 0 saturated carbocycles. The number of fused-ring (bicyclic) bond motifs is 1. The Morgan fingerprint density at radius 3 is 2.91 bits per heavy atom. The number of thioether (sulfide) groups is 1. The van der Waals surface area contributed by atoms with Crippen molar-refractivity contribution in [3.05, 3.63) is 52.5 Å². The predicted molar refractivity (Wildman–Crippen MR) is 95.0 cm³/mol. The molecular weight excluding hydrogens is 328 g/mol. The van der Waals surface area contributed by atoms with Crippen LogP contribution < -0.4 is 0 Å². The minimum atomic E-state index is -0.519. The second kappa shape index (κ2) is 7.88. The lowest BCUT2D eigenvalue weighted by molar-refractivity contribution is 0.0409. The fourth-order valence-corrected chi connectivity index (χ4v) is 3.79. The Labute approximate surface area is 143 Å².